The van der Waals surface area contributed by atoms with E-state index >= 15 is 0 Å². The van der Waals surface area contributed by atoms with Gasteiger partial charge >= 0.3 is 0 Å². The van der Waals surface area contributed by atoms with E-state index in [1.807, 2.05) is 41.2 Å². The molecule has 1 aromatic carbocycles. The highest BCUT2D eigenvalue weighted by molar-refractivity contribution is 9.10. The van der Waals surface area contributed by atoms with Gasteiger partial charge in [0, 0.05) is 16.2 Å². The normalized spacial score (nSPS) is 11.1. The van der Waals surface area contributed by atoms with Crippen LogP contribution in [0.1, 0.15) is 0 Å². The first-order chi connectivity index (χ1) is 10.3. The molecular weight excluding hydrogens is 346 g/mol. The molecule has 0 aliphatic heterocycles. The predicted octanol–water partition coefficient (Wildman–Crippen LogP) is 4.89. The minimum absolute atomic E-state index is 0.878. The molecule has 0 bridgehead atoms. The van der Waals surface area contributed by atoms with E-state index in [1.54, 1.807) is 11.3 Å². The lowest BCUT2D eigenvalue weighted by atomic mass is 10.1. The Morgan fingerprint density at radius 1 is 1.05 bits per heavy atom. The van der Waals surface area contributed by atoms with Gasteiger partial charge in [-0.3, -0.25) is 0 Å². The van der Waals surface area contributed by atoms with Gasteiger partial charge in [0.05, 0.1) is 16.8 Å². The predicted molar refractivity (Wildman–Crippen MR) is 89.4 cm³/mol. The van der Waals surface area contributed by atoms with E-state index in [1.165, 1.54) is 4.88 Å². The Morgan fingerprint density at radius 3 is 2.67 bits per heavy atom. The molecule has 0 saturated heterocycles. The molecule has 0 radical (unpaired) electrons. The molecule has 0 saturated carbocycles. The van der Waals surface area contributed by atoms with Crippen LogP contribution in [0, 0.1) is 0 Å². The van der Waals surface area contributed by atoms with E-state index in [9.17, 15) is 0 Å². The Hall–Kier alpha value is -1.98. The van der Waals surface area contributed by atoms with Gasteiger partial charge in [-0.1, -0.05) is 34.1 Å². The molecule has 21 heavy (non-hydrogen) atoms. The average molecular weight is 356 g/mol. The van der Waals surface area contributed by atoms with Crippen LogP contribution in [0.5, 0.6) is 0 Å². The van der Waals surface area contributed by atoms with E-state index in [-0.39, 0.29) is 0 Å². The van der Waals surface area contributed by atoms with Gasteiger partial charge in [0.2, 0.25) is 0 Å². The van der Waals surface area contributed by atoms with Gasteiger partial charge in [0.1, 0.15) is 0 Å². The maximum atomic E-state index is 4.52. The maximum Gasteiger partial charge on any atom is 0.163 e. The SMILES string of the molecule is Brc1ccc(-c2cnn3c(-c4cccs4)ccnc23)cc1. The van der Waals surface area contributed by atoms with Crippen molar-refractivity contribution in [1.29, 1.82) is 0 Å². The van der Waals surface area contributed by atoms with Crippen molar-refractivity contribution in [2.45, 2.75) is 0 Å². The number of halogens is 1. The lowest BCUT2D eigenvalue weighted by Gasteiger charge is -2.03. The van der Waals surface area contributed by atoms with Crippen LogP contribution in [0.3, 0.4) is 0 Å². The summed E-state index contributed by atoms with van der Waals surface area (Å²) < 4.78 is 2.97. The van der Waals surface area contributed by atoms with E-state index < -0.39 is 0 Å². The summed E-state index contributed by atoms with van der Waals surface area (Å²) in [6.07, 6.45) is 3.72. The van der Waals surface area contributed by atoms with Gasteiger partial charge in [-0.15, -0.1) is 11.3 Å². The average Bonchev–Trinajstić information content (AvgIpc) is 3.17. The molecule has 3 aromatic heterocycles. The summed E-state index contributed by atoms with van der Waals surface area (Å²) in [6.45, 7) is 0. The second-order valence-electron chi connectivity index (χ2n) is 4.61. The van der Waals surface area contributed by atoms with Crippen molar-refractivity contribution < 1.29 is 0 Å². The Labute approximate surface area is 134 Å². The molecular formula is C16H10BrN3S. The number of hydrogen-bond donors (Lipinski definition) is 0. The summed E-state index contributed by atoms with van der Waals surface area (Å²) in [5.41, 5.74) is 4.10. The minimum atomic E-state index is 0.878. The summed E-state index contributed by atoms with van der Waals surface area (Å²) in [4.78, 5) is 5.69. The third-order valence-electron chi connectivity index (χ3n) is 3.33. The monoisotopic (exact) mass is 355 g/mol. The maximum absolute atomic E-state index is 4.52. The summed E-state index contributed by atoms with van der Waals surface area (Å²) in [5.74, 6) is 0. The molecule has 0 atom stereocenters. The standard InChI is InChI=1S/C16H10BrN3S/c17-12-5-3-11(4-6-12)13-10-19-20-14(7-8-18-16(13)20)15-2-1-9-21-15/h1-10H. The van der Waals surface area contributed by atoms with E-state index in [2.05, 4.69) is 49.6 Å². The summed E-state index contributed by atoms with van der Waals surface area (Å²) in [5, 5.41) is 6.59. The van der Waals surface area contributed by atoms with Crippen LogP contribution in [0.15, 0.2) is 64.7 Å². The number of rotatable bonds is 2. The van der Waals surface area contributed by atoms with Gasteiger partial charge in [-0.2, -0.15) is 5.10 Å². The van der Waals surface area contributed by atoms with Gasteiger partial charge in [-0.25, -0.2) is 9.50 Å². The minimum Gasteiger partial charge on any atom is -0.236 e. The molecule has 0 N–H and O–H groups in total. The molecule has 0 fully saturated rings. The summed E-state index contributed by atoms with van der Waals surface area (Å²) in [7, 11) is 0. The first-order valence-electron chi connectivity index (χ1n) is 6.45. The second-order valence-corrected chi connectivity index (χ2v) is 6.47. The molecule has 102 valence electrons. The van der Waals surface area contributed by atoms with Crippen molar-refractivity contribution in [1.82, 2.24) is 14.6 Å². The van der Waals surface area contributed by atoms with Crippen molar-refractivity contribution in [2.75, 3.05) is 0 Å². The van der Waals surface area contributed by atoms with Crippen molar-refractivity contribution >= 4 is 32.9 Å². The van der Waals surface area contributed by atoms with Crippen LogP contribution in [-0.4, -0.2) is 14.6 Å². The number of nitrogens with zero attached hydrogens (tertiary/aromatic N) is 3. The molecule has 5 heteroatoms. The molecule has 4 rings (SSSR count). The molecule has 3 heterocycles. The quantitative estimate of drug-likeness (QED) is 0.512. The zero-order valence-corrected chi connectivity index (χ0v) is 13.3. The highest BCUT2D eigenvalue weighted by Crippen LogP contribution is 2.29. The number of hydrogen-bond acceptors (Lipinski definition) is 3. The van der Waals surface area contributed by atoms with Gasteiger partial charge in [0.25, 0.3) is 0 Å². The highest BCUT2D eigenvalue weighted by Gasteiger charge is 2.11. The molecule has 0 spiro atoms. The molecule has 0 aliphatic rings. The second kappa shape index (κ2) is 5.09. The van der Waals surface area contributed by atoms with Gasteiger partial charge in [0.15, 0.2) is 5.65 Å². The number of thiophene rings is 1. The smallest absolute Gasteiger partial charge is 0.163 e. The Bertz CT molecular complexity index is 895. The first-order valence-corrected chi connectivity index (χ1v) is 8.13. The summed E-state index contributed by atoms with van der Waals surface area (Å²) in [6, 6.07) is 14.3. The Balaban J connectivity index is 1.93. The fourth-order valence-corrected chi connectivity index (χ4v) is 3.34. The van der Waals surface area contributed by atoms with Crippen molar-refractivity contribution in [3.8, 4) is 21.7 Å². The van der Waals surface area contributed by atoms with Crippen LogP contribution < -0.4 is 0 Å². The van der Waals surface area contributed by atoms with E-state index in [0.717, 1.165) is 26.9 Å². The van der Waals surface area contributed by atoms with E-state index in [0.29, 0.717) is 0 Å². The topological polar surface area (TPSA) is 30.2 Å². The number of fused-ring (bicyclic) bond motifs is 1. The molecule has 0 aliphatic carbocycles. The number of benzene rings is 1. The Morgan fingerprint density at radius 2 is 1.90 bits per heavy atom. The fraction of sp³-hybridized carbons (Fsp3) is 0. The molecule has 3 nitrogen and oxygen atoms in total. The first kappa shape index (κ1) is 12.7. The zero-order valence-electron chi connectivity index (χ0n) is 10.9. The van der Waals surface area contributed by atoms with Crippen molar-refractivity contribution in [3.05, 3.63) is 64.7 Å². The third kappa shape index (κ3) is 2.18. The van der Waals surface area contributed by atoms with Gasteiger partial charge < -0.3 is 0 Å². The van der Waals surface area contributed by atoms with Crippen LogP contribution in [-0.2, 0) is 0 Å². The lowest BCUT2D eigenvalue weighted by molar-refractivity contribution is 0.950. The molecule has 0 amide bonds. The van der Waals surface area contributed by atoms with Crippen LogP contribution >= 0.6 is 27.3 Å². The largest absolute Gasteiger partial charge is 0.236 e. The molecule has 4 aromatic rings. The zero-order chi connectivity index (χ0) is 14.2. The molecule has 0 unspecified atom stereocenters. The summed E-state index contributed by atoms with van der Waals surface area (Å²) >= 11 is 5.16. The highest BCUT2D eigenvalue weighted by atomic mass is 79.9. The van der Waals surface area contributed by atoms with Gasteiger partial charge in [-0.05, 0) is 35.2 Å². The van der Waals surface area contributed by atoms with Crippen molar-refractivity contribution in [3.63, 3.8) is 0 Å². The van der Waals surface area contributed by atoms with Crippen LogP contribution in [0.2, 0.25) is 0 Å². The van der Waals surface area contributed by atoms with Crippen LogP contribution in [0.25, 0.3) is 27.3 Å². The fourth-order valence-electron chi connectivity index (χ4n) is 2.34. The third-order valence-corrected chi connectivity index (χ3v) is 4.75. The lowest BCUT2D eigenvalue weighted by Crippen LogP contribution is -1.94. The Kier molecular flexibility index (Phi) is 3.09. The number of aromatic nitrogens is 3. The van der Waals surface area contributed by atoms with E-state index in [4.69, 9.17) is 0 Å². The van der Waals surface area contributed by atoms with Crippen LogP contribution in [0.4, 0.5) is 0 Å². The van der Waals surface area contributed by atoms with Crippen molar-refractivity contribution in [2.24, 2.45) is 0 Å².